The molecule has 0 aromatic heterocycles. The van der Waals surface area contributed by atoms with Crippen LogP contribution in [0.25, 0.3) is 0 Å². The number of amides is 1. The molecule has 20 heavy (non-hydrogen) atoms. The lowest BCUT2D eigenvalue weighted by atomic mass is 10.1. The Labute approximate surface area is 123 Å². The number of rotatable bonds is 8. The van der Waals surface area contributed by atoms with Crippen LogP contribution in [0, 0.1) is 0 Å². The fraction of sp³-hybridized carbons (Fsp3) is 0.750. The van der Waals surface area contributed by atoms with E-state index in [0.717, 1.165) is 0 Å². The van der Waals surface area contributed by atoms with E-state index in [-0.39, 0.29) is 18.7 Å². The van der Waals surface area contributed by atoms with Crippen LogP contribution >= 0.6 is 15.9 Å². The number of carbonyl (C=O) groups excluding carboxylic acids is 1. The van der Waals surface area contributed by atoms with Crippen LogP contribution in [0.3, 0.4) is 0 Å². The molecule has 0 radical (unpaired) electrons. The Morgan fingerprint density at radius 1 is 1.15 bits per heavy atom. The molecule has 0 rings (SSSR count). The highest BCUT2D eigenvalue weighted by molar-refractivity contribution is 9.09. The third-order valence-corrected chi connectivity index (χ3v) is 3.00. The molecule has 0 unspecified atom stereocenters. The number of likely N-dealkylation sites (N-methyl/N-ethyl adjacent to an activating group) is 1. The predicted molar refractivity (Wildman–Crippen MR) is 70.0 cm³/mol. The minimum Gasteiger partial charge on any atom is -0.342 e. The zero-order valence-electron chi connectivity index (χ0n) is 11.0. The molecule has 0 aromatic carbocycles. The van der Waals surface area contributed by atoms with Gasteiger partial charge in [-0.25, -0.2) is 0 Å². The molecule has 0 N–H and O–H groups in total. The normalized spacial score (nSPS) is 12.9. The van der Waals surface area contributed by atoms with Crippen molar-refractivity contribution in [1.82, 2.24) is 4.90 Å². The van der Waals surface area contributed by atoms with Crippen LogP contribution in [0.2, 0.25) is 0 Å². The maximum atomic E-state index is 12.6. The summed E-state index contributed by atoms with van der Waals surface area (Å²) in [4.78, 5) is 12.8. The van der Waals surface area contributed by atoms with Gasteiger partial charge in [0, 0.05) is 25.3 Å². The summed E-state index contributed by atoms with van der Waals surface area (Å²) in [5.41, 5.74) is 0. The molecule has 0 aliphatic carbocycles. The molecule has 0 aliphatic heterocycles. The minimum atomic E-state index is -5.49. The molecule has 0 saturated heterocycles. The van der Waals surface area contributed by atoms with Gasteiger partial charge in [-0.3, -0.25) is 4.79 Å². The van der Waals surface area contributed by atoms with E-state index in [1.807, 2.05) is 0 Å². The lowest BCUT2D eigenvalue weighted by molar-refractivity contribution is -0.284. The summed E-state index contributed by atoms with van der Waals surface area (Å²) in [7, 11) is 1.55. The lowest BCUT2D eigenvalue weighted by Gasteiger charge is -2.19. The summed E-state index contributed by atoms with van der Waals surface area (Å²) in [6, 6.07) is 0. The number of hydrogen-bond acceptors (Lipinski definition) is 1. The maximum Gasteiger partial charge on any atom is 0.453 e. The van der Waals surface area contributed by atoms with E-state index in [1.54, 1.807) is 13.1 Å². The van der Waals surface area contributed by atoms with Crippen LogP contribution in [-0.4, -0.2) is 41.8 Å². The summed E-state index contributed by atoms with van der Waals surface area (Å²) in [6.07, 6.45) is -3.34. The maximum absolute atomic E-state index is 12.6. The van der Waals surface area contributed by atoms with E-state index in [4.69, 9.17) is 0 Å². The second-order valence-electron chi connectivity index (χ2n) is 4.33. The lowest BCUT2D eigenvalue weighted by Crippen LogP contribution is -2.36. The molecule has 0 saturated carbocycles. The fourth-order valence-electron chi connectivity index (χ4n) is 1.40. The minimum absolute atomic E-state index is 0.214. The largest absolute Gasteiger partial charge is 0.453 e. The molecule has 0 aromatic rings. The van der Waals surface area contributed by atoms with Crippen molar-refractivity contribution in [2.45, 2.75) is 37.8 Å². The number of carbonyl (C=O) groups is 1. The van der Waals surface area contributed by atoms with Gasteiger partial charge in [0.15, 0.2) is 0 Å². The Morgan fingerprint density at radius 3 is 2.25 bits per heavy atom. The average Bonchev–Trinajstić information content (AvgIpc) is 2.33. The van der Waals surface area contributed by atoms with E-state index in [2.05, 4.69) is 15.9 Å². The standard InChI is InChI=1S/C12H17BrF5NO/c1-19(10(20)6-5-8-13)9-4-2-3-7-11(14,15)12(16,17)18/h5-6H,2-4,7-9H2,1H3. The summed E-state index contributed by atoms with van der Waals surface area (Å²) in [5.74, 6) is -4.86. The van der Waals surface area contributed by atoms with Crippen molar-refractivity contribution in [3.05, 3.63) is 12.2 Å². The SMILES string of the molecule is CN(CCCCCC(F)(F)C(F)(F)F)C(=O)C=CCBr. The first-order valence-corrected chi connectivity index (χ1v) is 7.16. The number of unbranched alkanes of at least 4 members (excludes halogenated alkanes) is 2. The van der Waals surface area contributed by atoms with Crippen molar-refractivity contribution in [2.75, 3.05) is 18.9 Å². The summed E-state index contributed by atoms with van der Waals surface area (Å²) in [5, 5.41) is 0.541. The first-order chi connectivity index (χ1) is 9.12. The second-order valence-corrected chi connectivity index (χ2v) is 4.98. The van der Waals surface area contributed by atoms with Gasteiger partial charge in [-0.05, 0) is 18.9 Å². The molecular formula is C12H17BrF5NO. The highest BCUT2D eigenvalue weighted by Crippen LogP contribution is 2.39. The van der Waals surface area contributed by atoms with E-state index >= 15 is 0 Å². The highest BCUT2D eigenvalue weighted by Gasteiger charge is 2.56. The molecule has 0 bridgehead atoms. The molecule has 0 heterocycles. The summed E-state index contributed by atoms with van der Waals surface area (Å²) >= 11 is 3.11. The molecule has 2 nitrogen and oxygen atoms in total. The predicted octanol–water partition coefficient (Wildman–Crippen LogP) is 4.15. The van der Waals surface area contributed by atoms with Crippen molar-refractivity contribution < 1.29 is 26.7 Å². The van der Waals surface area contributed by atoms with Gasteiger partial charge < -0.3 is 4.90 Å². The Balaban J connectivity index is 3.88. The van der Waals surface area contributed by atoms with Crippen molar-refractivity contribution >= 4 is 21.8 Å². The quantitative estimate of drug-likeness (QED) is 0.274. The molecule has 0 fully saturated rings. The van der Waals surface area contributed by atoms with E-state index in [9.17, 15) is 26.7 Å². The number of halogens is 6. The van der Waals surface area contributed by atoms with E-state index in [1.165, 1.54) is 11.0 Å². The van der Waals surface area contributed by atoms with Crippen LogP contribution in [0.4, 0.5) is 22.0 Å². The van der Waals surface area contributed by atoms with Crippen molar-refractivity contribution in [3.8, 4) is 0 Å². The van der Waals surface area contributed by atoms with Crippen LogP contribution in [0.1, 0.15) is 25.7 Å². The molecule has 0 atom stereocenters. The number of allylic oxidation sites excluding steroid dienone is 1. The first-order valence-electron chi connectivity index (χ1n) is 6.04. The topological polar surface area (TPSA) is 20.3 Å². The van der Waals surface area contributed by atoms with Gasteiger partial charge in [0.1, 0.15) is 0 Å². The van der Waals surface area contributed by atoms with Gasteiger partial charge >= 0.3 is 12.1 Å². The first kappa shape index (κ1) is 19.3. The third kappa shape index (κ3) is 7.21. The Morgan fingerprint density at radius 2 is 1.75 bits per heavy atom. The van der Waals surface area contributed by atoms with Crippen molar-refractivity contribution in [3.63, 3.8) is 0 Å². The van der Waals surface area contributed by atoms with Crippen LogP contribution < -0.4 is 0 Å². The second kappa shape index (κ2) is 8.59. The van der Waals surface area contributed by atoms with E-state index < -0.39 is 18.5 Å². The number of hydrogen-bond donors (Lipinski definition) is 0. The zero-order chi connectivity index (χ0) is 15.8. The summed E-state index contributed by atoms with van der Waals surface area (Å²) in [6.45, 7) is 0.322. The molecule has 0 spiro atoms. The van der Waals surface area contributed by atoms with Gasteiger partial charge in [-0.1, -0.05) is 28.4 Å². The fourth-order valence-corrected chi connectivity index (χ4v) is 1.58. The van der Waals surface area contributed by atoms with Gasteiger partial charge in [-0.15, -0.1) is 0 Å². The average molecular weight is 366 g/mol. The molecule has 1 amide bonds. The van der Waals surface area contributed by atoms with Crippen molar-refractivity contribution in [1.29, 1.82) is 0 Å². The smallest absolute Gasteiger partial charge is 0.342 e. The Bertz CT molecular complexity index is 330. The zero-order valence-corrected chi connectivity index (χ0v) is 12.6. The number of alkyl halides is 6. The van der Waals surface area contributed by atoms with Crippen LogP contribution in [0.5, 0.6) is 0 Å². The molecule has 0 aliphatic rings. The van der Waals surface area contributed by atoms with Gasteiger partial charge in [0.2, 0.25) is 5.91 Å². The van der Waals surface area contributed by atoms with Gasteiger partial charge in [0.05, 0.1) is 0 Å². The van der Waals surface area contributed by atoms with Gasteiger partial charge in [-0.2, -0.15) is 22.0 Å². The van der Waals surface area contributed by atoms with Crippen LogP contribution in [0.15, 0.2) is 12.2 Å². The van der Waals surface area contributed by atoms with E-state index in [0.29, 0.717) is 18.3 Å². The highest BCUT2D eigenvalue weighted by atomic mass is 79.9. The van der Waals surface area contributed by atoms with Crippen LogP contribution in [-0.2, 0) is 4.79 Å². The van der Waals surface area contributed by atoms with Crippen molar-refractivity contribution in [2.24, 2.45) is 0 Å². The molecular weight excluding hydrogens is 349 g/mol. The number of nitrogens with zero attached hydrogens (tertiary/aromatic N) is 1. The van der Waals surface area contributed by atoms with Gasteiger partial charge in [0.25, 0.3) is 0 Å². The third-order valence-electron chi connectivity index (χ3n) is 2.62. The molecule has 118 valence electrons. The monoisotopic (exact) mass is 365 g/mol. The summed E-state index contributed by atoms with van der Waals surface area (Å²) < 4.78 is 60.8. The Hall–Kier alpha value is -0.660. The molecule has 8 heteroatoms. The Kier molecular flexibility index (Phi) is 8.30.